The highest BCUT2D eigenvalue weighted by atomic mass is 16.2. The molecule has 0 aromatic heterocycles. The lowest BCUT2D eigenvalue weighted by atomic mass is 9.90. The van der Waals surface area contributed by atoms with Crippen molar-refractivity contribution in [3.63, 3.8) is 0 Å². The fourth-order valence-electron chi connectivity index (χ4n) is 2.64. The molecule has 1 atom stereocenters. The Morgan fingerprint density at radius 1 is 1.24 bits per heavy atom. The lowest BCUT2D eigenvalue weighted by molar-refractivity contribution is -0.138. The molecule has 2 rings (SSSR count). The largest absolute Gasteiger partial charge is 0.340 e. The lowest BCUT2D eigenvalue weighted by Gasteiger charge is -2.32. The molecule has 4 nitrogen and oxygen atoms in total. The van der Waals surface area contributed by atoms with Crippen LogP contribution in [0.5, 0.6) is 0 Å². The van der Waals surface area contributed by atoms with Crippen molar-refractivity contribution in [3.8, 4) is 0 Å². The van der Waals surface area contributed by atoms with Crippen molar-refractivity contribution in [1.82, 2.24) is 10.2 Å². The van der Waals surface area contributed by atoms with Gasteiger partial charge in [-0.3, -0.25) is 9.59 Å². The molecule has 0 radical (unpaired) electrons. The van der Waals surface area contributed by atoms with Gasteiger partial charge in [-0.15, -0.1) is 0 Å². The highest BCUT2D eigenvalue weighted by Gasteiger charge is 2.41. The zero-order chi connectivity index (χ0) is 15.5. The topological polar surface area (TPSA) is 49.4 Å². The zero-order valence-electron chi connectivity index (χ0n) is 13.1. The second-order valence-corrected chi connectivity index (χ2v) is 6.26. The molecule has 1 heterocycles. The summed E-state index contributed by atoms with van der Waals surface area (Å²) in [5.41, 5.74) is -0.133. The number of nitrogens with one attached hydrogen (secondary N) is 1. The summed E-state index contributed by atoms with van der Waals surface area (Å²) < 4.78 is 0. The second-order valence-electron chi connectivity index (χ2n) is 6.26. The Bertz CT molecular complexity index is 513. The minimum absolute atomic E-state index is 0.0137. The monoisotopic (exact) mass is 288 g/mol. The molecule has 1 aromatic carbocycles. The van der Waals surface area contributed by atoms with E-state index in [1.807, 2.05) is 35.2 Å². The number of carbonyl (C=O) groups is 2. The number of amides is 2. The third kappa shape index (κ3) is 3.43. The van der Waals surface area contributed by atoms with Crippen LogP contribution in [0.4, 0.5) is 0 Å². The fraction of sp³-hybridized carbons (Fsp3) is 0.529. The summed E-state index contributed by atoms with van der Waals surface area (Å²) >= 11 is 0. The molecule has 1 saturated heterocycles. The van der Waals surface area contributed by atoms with Gasteiger partial charge in [0.15, 0.2) is 0 Å². The van der Waals surface area contributed by atoms with Crippen molar-refractivity contribution >= 4 is 11.8 Å². The first kappa shape index (κ1) is 15.5. The third-order valence-corrected chi connectivity index (χ3v) is 4.04. The van der Waals surface area contributed by atoms with Gasteiger partial charge in [-0.25, -0.2) is 0 Å². The second kappa shape index (κ2) is 6.29. The minimum atomic E-state index is -0.966. The first-order chi connectivity index (χ1) is 9.93. The quantitative estimate of drug-likeness (QED) is 0.924. The smallest absolute Gasteiger partial charge is 0.252 e. The summed E-state index contributed by atoms with van der Waals surface area (Å²) in [5, 5.41) is 2.91. The SMILES string of the molecule is CC(C)CCN1CCC(=O)NC(C)(c2ccccc2)C1=O. The van der Waals surface area contributed by atoms with Crippen LogP contribution in [0.2, 0.25) is 0 Å². The van der Waals surface area contributed by atoms with E-state index in [4.69, 9.17) is 0 Å². The Hall–Kier alpha value is -1.84. The van der Waals surface area contributed by atoms with Crippen molar-refractivity contribution in [3.05, 3.63) is 35.9 Å². The molecule has 0 bridgehead atoms. The normalized spacial score (nSPS) is 23.1. The number of nitrogens with zero attached hydrogens (tertiary/aromatic N) is 1. The van der Waals surface area contributed by atoms with Gasteiger partial charge in [0.25, 0.3) is 5.91 Å². The minimum Gasteiger partial charge on any atom is -0.340 e. The summed E-state index contributed by atoms with van der Waals surface area (Å²) in [6, 6.07) is 9.48. The standard InChI is InChI=1S/C17H24N2O2/c1-13(2)9-11-19-12-10-15(20)18-17(3,16(19)21)14-7-5-4-6-8-14/h4-8,13H,9-12H2,1-3H3,(H,18,20). The molecule has 1 fully saturated rings. The van der Waals surface area contributed by atoms with Crippen molar-refractivity contribution in [2.45, 2.75) is 39.2 Å². The van der Waals surface area contributed by atoms with E-state index in [-0.39, 0.29) is 11.8 Å². The van der Waals surface area contributed by atoms with E-state index in [9.17, 15) is 9.59 Å². The highest BCUT2D eigenvalue weighted by molar-refractivity contribution is 5.94. The van der Waals surface area contributed by atoms with Gasteiger partial charge in [-0.05, 0) is 24.8 Å². The van der Waals surface area contributed by atoms with Crippen LogP contribution in [0.25, 0.3) is 0 Å². The van der Waals surface area contributed by atoms with Gasteiger partial charge in [0, 0.05) is 19.5 Å². The van der Waals surface area contributed by atoms with Gasteiger partial charge in [-0.2, -0.15) is 0 Å². The van der Waals surface area contributed by atoms with Crippen LogP contribution in [0, 0.1) is 5.92 Å². The van der Waals surface area contributed by atoms with Gasteiger partial charge in [0.2, 0.25) is 5.91 Å². The number of hydrogen-bond acceptors (Lipinski definition) is 2. The molecular weight excluding hydrogens is 264 g/mol. The van der Waals surface area contributed by atoms with E-state index in [2.05, 4.69) is 19.2 Å². The molecule has 1 aromatic rings. The van der Waals surface area contributed by atoms with E-state index in [0.717, 1.165) is 12.0 Å². The average Bonchev–Trinajstić information content (AvgIpc) is 2.57. The zero-order valence-corrected chi connectivity index (χ0v) is 13.1. The lowest BCUT2D eigenvalue weighted by Crippen LogP contribution is -2.52. The molecule has 1 aliphatic heterocycles. The first-order valence-electron chi connectivity index (χ1n) is 7.59. The Morgan fingerprint density at radius 3 is 2.52 bits per heavy atom. The number of carbonyl (C=O) groups excluding carboxylic acids is 2. The molecule has 0 saturated carbocycles. The van der Waals surface area contributed by atoms with E-state index in [1.54, 1.807) is 6.92 Å². The van der Waals surface area contributed by atoms with E-state index in [0.29, 0.717) is 25.4 Å². The van der Waals surface area contributed by atoms with Crippen LogP contribution < -0.4 is 5.32 Å². The van der Waals surface area contributed by atoms with Crippen molar-refractivity contribution in [2.75, 3.05) is 13.1 Å². The van der Waals surface area contributed by atoms with Crippen LogP contribution >= 0.6 is 0 Å². The number of benzene rings is 1. The molecule has 4 heteroatoms. The maximum Gasteiger partial charge on any atom is 0.252 e. The fourth-order valence-corrected chi connectivity index (χ4v) is 2.64. The van der Waals surface area contributed by atoms with E-state index >= 15 is 0 Å². The van der Waals surface area contributed by atoms with Crippen molar-refractivity contribution in [2.24, 2.45) is 5.92 Å². The van der Waals surface area contributed by atoms with Crippen LogP contribution in [0.15, 0.2) is 30.3 Å². The number of rotatable bonds is 4. The molecule has 21 heavy (non-hydrogen) atoms. The van der Waals surface area contributed by atoms with E-state index in [1.165, 1.54) is 0 Å². The molecule has 1 N–H and O–H groups in total. The molecule has 0 spiro atoms. The maximum absolute atomic E-state index is 12.9. The van der Waals surface area contributed by atoms with Crippen LogP contribution in [0.3, 0.4) is 0 Å². The molecule has 1 unspecified atom stereocenters. The molecule has 1 aliphatic rings. The Morgan fingerprint density at radius 2 is 1.90 bits per heavy atom. The van der Waals surface area contributed by atoms with Crippen LogP contribution in [-0.4, -0.2) is 29.8 Å². The molecule has 114 valence electrons. The first-order valence-corrected chi connectivity index (χ1v) is 7.59. The average molecular weight is 288 g/mol. The molecule has 0 aliphatic carbocycles. The Kier molecular flexibility index (Phi) is 4.66. The van der Waals surface area contributed by atoms with Crippen LogP contribution in [-0.2, 0) is 15.1 Å². The van der Waals surface area contributed by atoms with Gasteiger partial charge in [-0.1, -0.05) is 44.2 Å². The van der Waals surface area contributed by atoms with Gasteiger partial charge in [0.05, 0.1) is 0 Å². The van der Waals surface area contributed by atoms with Gasteiger partial charge < -0.3 is 10.2 Å². The predicted molar refractivity (Wildman–Crippen MR) is 82.6 cm³/mol. The third-order valence-electron chi connectivity index (χ3n) is 4.04. The molecular formula is C17H24N2O2. The van der Waals surface area contributed by atoms with Gasteiger partial charge >= 0.3 is 0 Å². The number of hydrogen-bond donors (Lipinski definition) is 1. The van der Waals surface area contributed by atoms with Crippen LogP contribution in [0.1, 0.15) is 39.2 Å². The maximum atomic E-state index is 12.9. The summed E-state index contributed by atoms with van der Waals surface area (Å²) in [6.45, 7) is 7.29. The van der Waals surface area contributed by atoms with E-state index < -0.39 is 5.54 Å². The Labute approximate surface area is 126 Å². The van der Waals surface area contributed by atoms with Crippen molar-refractivity contribution in [1.29, 1.82) is 0 Å². The molecule has 2 amide bonds. The summed E-state index contributed by atoms with van der Waals surface area (Å²) in [7, 11) is 0. The Balaban J connectivity index is 2.29. The summed E-state index contributed by atoms with van der Waals surface area (Å²) in [4.78, 5) is 26.8. The van der Waals surface area contributed by atoms with Gasteiger partial charge in [0.1, 0.15) is 5.54 Å². The predicted octanol–water partition coefficient (Wildman–Crippen LogP) is 2.30. The highest BCUT2D eigenvalue weighted by Crippen LogP contribution is 2.26. The van der Waals surface area contributed by atoms with Crippen molar-refractivity contribution < 1.29 is 9.59 Å². The summed E-state index contributed by atoms with van der Waals surface area (Å²) in [5.74, 6) is 0.453. The summed E-state index contributed by atoms with van der Waals surface area (Å²) in [6.07, 6.45) is 1.32.